The predicted molar refractivity (Wildman–Crippen MR) is 93.4 cm³/mol. The quantitative estimate of drug-likeness (QED) is 0.729. The fourth-order valence-corrected chi connectivity index (χ4v) is 3.63. The fraction of sp³-hybridized carbons (Fsp3) is 0.263. The number of imide groups is 1. The smallest absolute Gasteiger partial charge is 0.262 e. The van der Waals surface area contributed by atoms with E-state index >= 15 is 0 Å². The maximum atomic E-state index is 12.8. The van der Waals surface area contributed by atoms with E-state index < -0.39 is 0 Å². The van der Waals surface area contributed by atoms with Crippen molar-refractivity contribution in [1.82, 2.24) is 4.90 Å². The van der Waals surface area contributed by atoms with Gasteiger partial charge in [-0.3, -0.25) is 14.5 Å². The van der Waals surface area contributed by atoms with Gasteiger partial charge in [-0.2, -0.15) is 0 Å². The summed E-state index contributed by atoms with van der Waals surface area (Å²) in [5.74, 6) is -0.314. The van der Waals surface area contributed by atoms with Gasteiger partial charge in [0, 0.05) is 4.47 Å². The fourth-order valence-electron chi connectivity index (χ4n) is 3.15. The second-order valence-corrected chi connectivity index (χ2v) is 7.09. The molecule has 3 nitrogen and oxygen atoms in total. The Morgan fingerprint density at radius 2 is 1.52 bits per heavy atom. The highest BCUT2D eigenvalue weighted by Gasteiger charge is 2.41. The van der Waals surface area contributed by atoms with E-state index in [9.17, 15) is 9.59 Å². The monoisotopic (exact) mass is 371 g/mol. The summed E-state index contributed by atoms with van der Waals surface area (Å²) >= 11 is 3.57. The number of rotatable bonds is 3. The van der Waals surface area contributed by atoms with Gasteiger partial charge in [0.2, 0.25) is 0 Å². The van der Waals surface area contributed by atoms with Crippen molar-refractivity contribution in [2.75, 3.05) is 0 Å². The van der Waals surface area contributed by atoms with Crippen molar-refractivity contribution in [1.29, 1.82) is 0 Å². The lowest BCUT2D eigenvalue weighted by Gasteiger charge is -2.31. The van der Waals surface area contributed by atoms with Crippen molar-refractivity contribution in [3.63, 3.8) is 0 Å². The highest BCUT2D eigenvalue weighted by Crippen LogP contribution is 2.38. The number of nitrogens with zero attached hydrogens (tertiary/aromatic N) is 1. The molecule has 2 aromatic carbocycles. The Morgan fingerprint density at radius 1 is 0.957 bits per heavy atom. The second kappa shape index (κ2) is 5.93. The Balaban J connectivity index is 2.12. The summed E-state index contributed by atoms with van der Waals surface area (Å²) in [6, 6.07) is 12.7. The van der Waals surface area contributed by atoms with Gasteiger partial charge in [0.25, 0.3) is 11.8 Å². The normalized spacial score (nSPS) is 15.3. The topological polar surface area (TPSA) is 37.4 Å². The molecule has 1 unspecified atom stereocenters. The van der Waals surface area contributed by atoms with Crippen molar-refractivity contribution in [2.24, 2.45) is 5.92 Å². The number of amides is 2. The number of fused-ring (bicyclic) bond motifs is 1. The number of halogens is 1. The number of hydrogen-bond acceptors (Lipinski definition) is 2. The van der Waals surface area contributed by atoms with Crippen LogP contribution in [-0.4, -0.2) is 16.7 Å². The van der Waals surface area contributed by atoms with Gasteiger partial charge in [-0.05, 0) is 36.6 Å². The third kappa shape index (κ3) is 2.61. The van der Waals surface area contributed by atoms with Crippen LogP contribution < -0.4 is 0 Å². The van der Waals surface area contributed by atoms with Gasteiger partial charge in [-0.1, -0.05) is 59.6 Å². The zero-order chi connectivity index (χ0) is 16.7. The van der Waals surface area contributed by atoms with Crippen LogP contribution in [0.5, 0.6) is 0 Å². The van der Waals surface area contributed by atoms with E-state index in [-0.39, 0.29) is 23.8 Å². The van der Waals surface area contributed by atoms with Crippen molar-refractivity contribution in [3.05, 3.63) is 69.2 Å². The number of benzene rings is 2. The minimum absolute atomic E-state index is 0.107. The molecule has 0 N–H and O–H groups in total. The molecule has 0 aliphatic carbocycles. The Hall–Kier alpha value is -1.94. The summed E-state index contributed by atoms with van der Waals surface area (Å²) in [6.07, 6.45) is 0. The van der Waals surface area contributed by atoms with E-state index in [1.54, 1.807) is 24.3 Å². The van der Waals surface area contributed by atoms with E-state index in [0.717, 1.165) is 15.6 Å². The molecule has 118 valence electrons. The van der Waals surface area contributed by atoms with E-state index in [1.165, 1.54) is 4.90 Å². The SMILES string of the molecule is Cc1ccc(Br)c(C(C(C)C)N2C(=O)c3ccccc3C2=O)c1. The third-order valence-corrected chi connectivity index (χ3v) is 4.93. The molecular weight excluding hydrogens is 354 g/mol. The molecule has 1 aliphatic heterocycles. The number of hydrogen-bond donors (Lipinski definition) is 0. The van der Waals surface area contributed by atoms with Crippen LogP contribution in [0, 0.1) is 12.8 Å². The molecule has 0 spiro atoms. The van der Waals surface area contributed by atoms with Crippen LogP contribution in [0.25, 0.3) is 0 Å². The van der Waals surface area contributed by atoms with Crippen molar-refractivity contribution >= 4 is 27.7 Å². The molecule has 0 radical (unpaired) electrons. The van der Waals surface area contributed by atoms with Gasteiger partial charge in [0.15, 0.2) is 0 Å². The summed E-state index contributed by atoms with van der Waals surface area (Å²) in [5.41, 5.74) is 3.05. The molecule has 1 aliphatic rings. The molecule has 0 saturated carbocycles. The molecule has 23 heavy (non-hydrogen) atoms. The first-order chi connectivity index (χ1) is 10.9. The van der Waals surface area contributed by atoms with Crippen LogP contribution in [0.15, 0.2) is 46.9 Å². The standard InChI is InChI=1S/C19H18BrNO2/c1-11(2)17(15-10-12(3)8-9-16(15)20)21-18(22)13-6-4-5-7-14(13)19(21)23/h4-11,17H,1-3H3. The van der Waals surface area contributed by atoms with Crippen LogP contribution in [0.3, 0.4) is 0 Å². The lowest BCUT2D eigenvalue weighted by molar-refractivity contribution is 0.0537. The Kier molecular flexibility index (Phi) is 4.11. The summed E-state index contributed by atoms with van der Waals surface area (Å²) in [7, 11) is 0. The van der Waals surface area contributed by atoms with E-state index in [2.05, 4.69) is 15.9 Å². The average Bonchev–Trinajstić information content (AvgIpc) is 2.76. The third-order valence-electron chi connectivity index (χ3n) is 4.21. The maximum absolute atomic E-state index is 12.8. The summed E-state index contributed by atoms with van der Waals surface area (Å²) in [5, 5.41) is 0. The Morgan fingerprint density at radius 3 is 2.04 bits per heavy atom. The molecule has 1 heterocycles. The van der Waals surface area contributed by atoms with Gasteiger partial charge < -0.3 is 0 Å². The molecule has 4 heteroatoms. The highest BCUT2D eigenvalue weighted by molar-refractivity contribution is 9.10. The van der Waals surface area contributed by atoms with Gasteiger partial charge in [0.05, 0.1) is 17.2 Å². The van der Waals surface area contributed by atoms with Gasteiger partial charge >= 0.3 is 0 Å². The maximum Gasteiger partial charge on any atom is 0.262 e. The molecule has 3 rings (SSSR count). The van der Waals surface area contributed by atoms with Crippen molar-refractivity contribution < 1.29 is 9.59 Å². The first kappa shape index (κ1) is 15.9. The second-order valence-electron chi connectivity index (χ2n) is 6.24. The largest absolute Gasteiger partial charge is 0.269 e. The summed E-state index contributed by atoms with van der Waals surface area (Å²) in [4.78, 5) is 27.0. The molecule has 2 amide bonds. The zero-order valence-electron chi connectivity index (χ0n) is 13.3. The first-order valence-corrected chi connectivity index (χ1v) is 8.44. The zero-order valence-corrected chi connectivity index (χ0v) is 14.9. The predicted octanol–water partition coefficient (Wildman–Crippen LogP) is 4.75. The average molecular weight is 372 g/mol. The van der Waals surface area contributed by atoms with E-state index in [1.807, 2.05) is 39.0 Å². The first-order valence-electron chi connectivity index (χ1n) is 7.64. The van der Waals surface area contributed by atoms with Crippen LogP contribution >= 0.6 is 15.9 Å². The highest BCUT2D eigenvalue weighted by atomic mass is 79.9. The van der Waals surface area contributed by atoms with Crippen molar-refractivity contribution in [2.45, 2.75) is 26.8 Å². The van der Waals surface area contributed by atoms with Crippen molar-refractivity contribution in [3.8, 4) is 0 Å². The van der Waals surface area contributed by atoms with Crippen LogP contribution in [-0.2, 0) is 0 Å². The van der Waals surface area contributed by atoms with Gasteiger partial charge in [0.1, 0.15) is 0 Å². The minimum atomic E-state index is -0.295. The lowest BCUT2D eigenvalue weighted by atomic mass is 9.93. The van der Waals surface area contributed by atoms with Crippen LogP contribution in [0.2, 0.25) is 0 Å². The molecule has 1 atom stereocenters. The Bertz CT molecular complexity index is 763. The number of carbonyl (C=O) groups excluding carboxylic acids is 2. The van der Waals surface area contributed by atoms with E-state index in [4.69, 9.17) is 0 Å². The molecule has 0 saturated heterocycles. The molecule has 2 aromatic rings. The van der Waals surface area contributed by atoms with E-state index in [0.29, 0.717) is 11.1 Å². The number of aryl methyl sites for hydroxylation is 1. The van der Waals surface area contributed by atoms with Gasteiger partial charge in [-0.25, -0.2) is 0 Å². The van der Waals surface area contributed by atoms with Crippen LogP contribution in [0.1, 0.15) is 51.7 Å². The minimum Gasteiger partial charge on any atom is -0.269 e. The van der Waals surface area contributed by atoms with Crippen LogP contribution in [0.4, 0.5) is 0 Å². The molecular formula is C19H18BrNO2. The molecule has 0 bridgehead atoms. The lowest BCUT2D eigenvalue weighted by Crippen LogP contribution is -2.37. The molecule has 0 fully saturated rings. The summed E-state index contributed by atoms with van der Waals surface area (Å²) < 4.78 is 0.915. The summed E-state index contributed by atoms with van der Waals surface area (Å²) in [6.45, 7) is 6.07. The number of carbonyl (C=O) groups is 2. The Labute approximate surface area is 144 Å². The molecule has 0 aromatic heterocycles. The van der Waals surface area contributed by atoms with Gasteiger partial charge in [-0.15, -0.1) is 0 Å².